The van der Waals surface area contributed by atoms with Crippen LogP contribution in [-0.2, 0) is 0 Å². The van der Waals surface area contributed by atoms with E-state index in [1.807, 2.05) is 0 Å². The minimum atomic E-state index is 0.265. The highest BCUT2D eigenvalue weighted by Crippen LogP contribution is 2.62. The molecule has 1 heteroatoms. The molecule has 7 atom stereocenters. The summed E-state index contributed by atoms with van der Waals surface area (Å²) in [6, 6.07) is 0. The van der Waals surface area contributed by atoms with E-state index in [9.17, 15) is 0 Å². The topological polar surface area (TPSA) is 26.0 Å². The number of rotatable bonds is 1. The largest absolute Gasteiger partial charge is 0.325 e. The number of nitrogens with two attached hydrogens (primary N) is 1. The fraction of sp³-hybridized carbons (Fsp3) is 1.00. The molecule has 96 valence electrons. The Hall–Kier alpha value is -0.0400. The molecule has 0 aromatic carbocycles. The Kier molecular flexibility index (Phi) is 2.23. The Labute approximate surface area is 106 Å². The fourth-order valence-electron chi connectivity index (χ4n) is 6.44. The summed E-state index contributed by atoms with van der Waals surface area (Å²) >= 11 is 0. The lowest BCUT2D eigenvalue weighted by Gasteiger charge is -2.63. The molecule has 0 aromatic heterocycles. The van der Waals surface area contributed by atoms with Gasteiger partial charge in [0.25, 0.3) is 0 Å². The number of hydrogen-bond donors (Lipinski definition) is 1. The van der Waals surface area contributed by atoms with E-state index < -0.39 is 0 Å². The molecule has 2 N–H and O–H groups in total. The van der Waals surface area contributed by atoms with Crippen molar-refractivity contribution < 1.29 is 0 Å². The Balaban J connectivity index is 1.73. The summed E-state index contributed by atoms with van der Waals surface area (Å²) in [6.45, 7) is 2.42. The highest BCUT2D eigenvalue weighted by atomic mass is 14.8. The molecule has 4 aliphatic rings. The molecule has 0 heterocycles. The van der Waals surface area contributed by atoms with Gasteiger partial charge in [-0.15, -0.1) is 0 Å². The van der Waals surface area contributed by atoms with Crippen molar-refractivity contribution in [3.8, 4) is 0 Å². The zero-order valence-corrected chi connectivity index (χ0v) is 11.2. The Morgan fingerprint density at radius 1 is 1.06 bits per heavy atom. The summed E-state index contributed by atoms with van der Waals surface area (Å²) in [5.74, 6) is 6.06. The average molecular weight is 233 g/mol. The second kappa shape index (κ2) is 3.50. The third-order valence-corrected chi connectivity index (χ3v) is 7.06. The standard InChI is InChI=1S/C16H27N/c1-2-12-5-11-7-14-13(12)6-10-3-4-16(17,9-11)15(14)8-10/h10-15H,2-9,17H2,1H3. The van der Waals surface area contributed by atoms with Gasteiger partial charge in [-0.1, -0.05) is 13.3 Å². The van der Waals surface area contributed by atoms with E-state index in [1.165, 1.54) is 44.9 Å². The first-order valence-corrected chi connectivity index (χ1v) is 7.98. The molecule has 7 unspecified atom stereocenters. The smallest absolute Gasteiger partial charge is 0.0188 e. The summed E-state index contributed by atoms with van der Waals surface area (Å²) in [4.78, 5) is 0. The first-order valence-electron chi connectivity index (χ1n) is 7.98. The quantitative estimate of drug-likeness (QED) is 0.736. The first kappa shape index (κ1) is 10.8. The third-order valence-electron chi connectivity index (χ3n) is 7.06. The van der Waals surface area contributed by atoms with Crippen LogP contribution in [0.15, 0.2) is 0 Å². The molecule has 17 heavy (non-hydrogen) atoms. The highest BCUT2D eigenvalue weighted by Gasteiger charge is 2.57. The number of hydrogen-bond acceptors (Lipinski definition) is 1. The van der Waals surface area contributed by atoms with E-state index in [2.05, 4.69) is 6.92 Å². The van der Waals surface area contributed by atoms with E-state index in [4.69, 9.17) is 5.73 Å². The zero-order chi connectivity index (χ0) is 11.6. The van der Waals surface area contributed by atoms with Crippen LogP contribution in [0.5, 0.6) is 0 Å². The van der Waals surface area contributed by atoms with Crippen LogP contribution in [0.4, 0.5) is 0 Å². The van der Waals surface area contributed by atoms with Crippen molar-refractivity contribution in [2.24, 2.45) is 41.2 Å². The summed E-state index contributed by atoms with van der Waals surface area (Å²) in [6.07, 6.45) is 11.7. The van der Waals surface area contributed by atoms with Gasteiger partial charge >= 0.3 is 0 Å². The van der Waals surface area contributed by atoms with Crippen LogP contribution < -0.4 is 5.73 Å². The van der Waals surface area contributed by atoms with Crippen molar-refractivity contribution >= 4 is 0 Å². The van der Waals surface area contributed by atoms with Gasteiger partial charge in [0, 0.05) is 5.54 Å². The van der Waals surface area contributed by atoms with Crippen molar-refractivity contribution in [1.29, 1.82) is 0 Å². The highest BCUT2D eigenvalue weighted by molar-refractivity contribution is 5.10. The van der Waals surface area contributed by atoms with Gasteiger partial charge < -0.3 is 5.73 Å². The Morgan fingerprint density at radius 2 is 1.88 bits per heavy atom. The minimum Gasteiger partial charge on any atom is -0.325 e. The van der Waals surface area contributed by atoms with Crippen molar-refractivity contribution in [3.63, 3.8) is 0 Å². The Morgan fingerprint density at radius 3 is 2.71 bits per heavy atom. The molecule has 0 aromatic rings. The molecule has 4 fully saturated rings. The maximum Gasteiger partial charge on any atom is 0.0188 e. The van der Waals surface area contributed by atoms with Gasteiger partial charge in [-0.05, 0) is 80.5 Å². The molecular weight excluding hydrogens is 206 g/mol. The number of fused-ring (bicyclic) bond motifs is 2. The van der Waals surface area contributed by atoms with Gasteiger partial charge in [0.15, 0.2) is 0 Å². The lowest BCUT2D eigenvalue weighted by molar-refractivity contribution is -0.103. The van der Waals surface area contributed by atoms with Crippen LogP contribution in [0.1, 0.15) is 58.3 Å². The van der Waals surface area contributed by atoms with Crippen LogP contribution in [0, 0.1) is 35.5 Å². The van der Waals surface area contributed by atoms with Crippen molar-refractivity contribution in [1.82, 2.24) is 0 Å². The minimum absolute atomic E-state index is 0.265. The van der Waals surface area contributed by atoms with Crippen LogP contribution in [0.3, 0.4) is 0 Å². The monoisotopic (exact) mass is 233 g/mol. The van der Waals surface area contributed by atoms with E-state index in [1.54, 1.807) is 6.42 Å². The Bertz CT molecular complexity index is 323. The van der Waals surface area contributed by atoms with E-state index >= 15 is 0 Å². The van der Waals surface area contributed by atoms with Gasteiger partial charge in [-0.25, -0.2) is 0 Å². The molecule has 0 spiro atoms. The molecule has 4 bridgehead atoms. The van der Waals surface area contributed by atoms with Gasteiger partial charge in [0.1, 0.15) is 0 Å². The predicted molar refractivity (Wildman–Crippen MR) is 70.5 cm³/mol. The van der Waals surface area contributed by atoms with Crippen LogP contribution in [0.25, 0.3) is 0 Å². The zero-order valence-electron chi connectivity index (χ0n) is 11.2. The molecule has 0 amide bonds. The summed E-state index contributed by atoms with van der Waals surface area (Å²) < 4.78 is 0. The summed E-state index contributed by atoms with van der Waals surface area (Å²) in [5.41, 5.74) is 7.09. The van der Waals surface area contributed by atoms with Gasteiger partial charge in [-0.3, -0.25) is 0 Å². The normalized spacial score (nSPS) is 60.4. The summed E-state index contributed by atoms with van der Waals surface area (Å²) in [7, 11) is 0. The summed E-state index contributed by atoms with van der Waals surface area (Å²) in [5, 5.41) is 0. The molecule has 0 radical (unpaired) electrons. The maximum absolute atomic E-state index is 6.82. The van der Waals surface area contributed by atoms with E-state index in [-0.39, 0.29) is 5.54 Å². The lowest BCUT2D eigenvalue weighted by Crippen LogP contribution is -2.63. The maximum atomic E-state index is 6.82. The molecule has 4 saturated carbocycles. The van der Waals surface area contributed by atoms with Crippen molar-refractivity contribution in [3.05, 3.63) is 0 Å². The molecule has 0 aliphatic heterocycles. The fourth-order valence-corrected chi connectivity index (χ4v) is 6.44. The average Bonchev–Trinajstić information content (AvgIpc) is 2.35. The second-order valence-corrected chi connectivity index (χ2v) is 7.75. The van der Waals surface area contributed by atoms with E-state index in [0.717, 1.165) is 35.5 Å². The van der Waals surface area contributed by atoms with Crippen LogP contribution in [-0.4, -0.2) is 5.54 Å². The van der Waals surface area contributed by atoms with Gasteiger partial charge in [0.2, 0.25) is 0 Å². The predicted octanol–water partition coefficient (Wildman–Crippen LogP) is 3.58. The lowest BCUT2D eigenvalue weighted by atomic mass is 9.44. The molecule has 1 nitrogen and oxygen atoms in total. The molecule has 0 saturated heterocycles. The molecular formula is C16H27N. The van der Waals surface area contributed by atoms with Gasteiger partial charge in [0.05, 0.1) is 0 Å². The molecule has 4 rings (SSSR count). The van der Waals surface area contributed by atoms with Crippen LogP contribution in [0.2, 0.25) is 0 Å². The third kappa shape index (κ3) is 1.41. The first-order chi connectivity index (χ1) is 8.19. The van der Waals surface area contributed by atoms with Crippen LogP contribution >= 0.6 is 0 Å². The van der Waals surface area contributed by atoms with Gasteiger partial charge in [-0.2, -0.15) is 0 Å². The molecule has 4 aliphatic carbocycles. The SMILES string of the molecule is CCC1CC2CC3C1CC1CCC(N)(C2)C3C1. The van der Waals surface area contributed by atoms with E-state index in [0.29, 0.717) is 0 Å². The van der Waals surface area contributed by atoms with Crippen molar-refractivity contribution in [2.45, 2.75) is 63.8 Å². The van der Waals surface area contributed by atoms with Crippen molar-refractivity contribution in [2.75, 3.05) is 0 Å². The second-order valence-electron chi connectivity index (χ2n) is 7.75.